The van der Waals surface area contributed by atoms with Crippen LogP contribution in [0.4, 0.5) is 0 Å². The third-order valence-corrected chi connectivity index (χ3v) is 3.07. The Labute approximate surface area is 101 Å². The second kappa shape index (κ2) is 4.06. The van der Waals surface area contributed by atoms with E-state index in [4.69, 9.17) is 0 Å². The maximum Gasteiger partial charge on any atom is 0.137 e. The lowest BCUT2D eigenvalue weighted by Gasteiger charge is -2.07. The number of rotatable bonds is 2. The van der Waals surface area contributed by atoms with Crippen molar-refractivity contribution in [2.45, 2.75) is 13.3 Å². The summed E-state index contributed by atoms with van der Waals surface area (Å²) >= 11 is 0. The molecule has 2 nitrogen and oxygen atoms in total. The van der Waals surface area contributed by atoms with Gasteiger partial charge < -0.3 is 4.57 Å². The first-order valence-electron chi connectivity index (χ1n) is 5.90. The molecule has 0 unspecified atom stereocenters. The molecule has 0 radical (unpaired) electrons. The van der Waals surface area contributed by atoms with E-state index in [-0.39, 0.29) is 0 Å². The topological polar surface area (TPSA) is 17.8 Å². The van der Waals surface area contributed by atoms with Crippen molar-refractivity contribution < 1.29 is 0 Å². The molecule has 3 aromatic rings. The molecule has 0 fully saturated rings. The summed E-state index contributed by atoms with van der Waals surface area (Å²) in [6.07, 6.45) is 4.95. The number of hydrogen-bond donors (Lipinski definition) is 0. The molecule has 0 bridgehead atoms. The van der Waals surface area contributed by atoms with Crippen molar-refractivity contribution >= 4 is 10.9 Å². The fraction of sp³-hybridized carbons (Fsp3) is 0.133. The molecular formula is C15H14N2. The zero-order valence-electron chi connectivity index (χ0n) is 9.80. The number of aryl methyl sites for hydroxylation is 1. The van der Waals surface area contributed by atoms with Crippen molar-refractivity contribution in [1.29, 1.82) is 0 Å². The van der Waals surface area contributed by atoms with Gasteiger partial charge in [0.25, 0.3) is 0 Å². The molecule has 17 heavy (non-hydrogen) atoms. The van der Waals surface area contributed by atoms with Gasteiger partial charge in [-0.15, -0.1) is 0 Å². The Balaban J connectivity index is 2.31. The lowest BCUT2D eigenvalue weighted by atomic mass is 10.1. The zero-order chi connectivity index (χ0) is 11.7. The molecule has 0 atom stereocenters. The summed E-state index contributed by atoms with van der Waals surface area (Å²) in [6, 6.07) is 14.6. The minimum Gasteiger partial charge on any atom is -0.301 e. The molecule has 0 saturated carbocycles. The van der Waals surface area contributed by atoms with E-state index in [1.807, 2.05) is 24.4 Å². The van der Waals surface area contributed by atoms with Crippen LogP contribution in [0.5, 0.6) is 0 Å². The highest BCUT2D eigenvalue weighted by Crippen LogP contribution is 2.23. The van der Waals surface area contributed by atoms with Crippen LogP contribution in [0.25, 0.3) is 16.7 Å². The van der Waals surface area contributed by atoms with Gasteiger partial charge in [0.15, 0.2) is 0 Å². The highest BCUT2D eigenvalue weighted by molar-refractivity contribution is 5.84. The lowest BCUT2D eigenvalue weighted by Crippen LogP contribution is -1.97. The summed E-state index contributed by atoms with van der Waals surface area (Å²) in [7, 11) is 0. The third-order valence-electron chi connectivity index (χ3n) is 3.07. The Morgan fingerprint density at radius 1 is 1.06 bits per heavy atom. The zero-order valence-corrected chi connectivity index (χ0v) is 9.80. The van der Waals surface area contributed by atoms with Gasteiger partial charge in [0.05, 0.1) is 5.52 Å². The molecule has 2 heteroatoms. The first-order chi connectivity index (χ1) is 8.40. The molecular weight excluding hydrogens is 208 g/mol. The average Bonchev–Trinajstić information content (AvgIpc) is 2.83. The van der Waals surface area contributed by atoms with E-state index in [1.165, 1.54) is 16.5 Å². The second-order valence-electron chi connectivity index (χ2n) is 4.08. The fourth-order valence-corrected chi connectivity index (χ4v) is 2.24. The van der Waals surface area contributed by atoms with Crippen LogP contribution in [0.2, 0.25) is 0 Å². The van der Waals surface area contributed by atoms with Gasteiger partial charge in [0, 0.05) is 17.8 Å². The van der Waals surface area contributed by atoms with Gasteiger partial charge >= 0.3 is 0 Å². The fourth-order valence-electron chi connectivity index (χ4n) is 2.24. The average molecular weight is 222 g/mol. The maximum absolute atomic E-state index is 4.41. The van der Waals surface area contributed by atoms with Crippen molar-refractivity contribution in [3.05, 3.63) is 60.4 Å². The minimum atomic E-state index is 0.975. The number of pyridine rings is 1. The predicted molar refractivity (Wildman–Crippen MR) is 70.4 cm³/mol. The highest BCUT2D eigenvalue weighted by atomic mass is 15.0. The Morgan fingerprint density at radius 2 is 2.00 bits per heavy atom. The van der Waals surface area contributed by atoms with E-state index in [0.29, 0.717) is 0 Å². The van der Waals surface area contributed by atoms with E-state index in [0.717, 1.165) is 12.2 Å². The van der Waals surface area contributed by atoms with E-state index < -0.39 is 0 Å². The normalized spacial score (nSPS) is 10.9. The van der Waals surface area contributed by atoms with Crippen molar-refractivity contribution in [2.24, 2.45) is 0 Å². The van der Waals surface area contributed by atoms with Gasteiger partial charge in [-0.05, 0) is 30.2 Å². The van der Waals surface area contributed by atoms with Gasteiger partial charge in [-0.25, -0.2) is 4.98 Å². The molecule has 0 spiro atoms. The molecule has 2 heterocycles. The number of benzene rings is 1. The van der Waals surface area contributed by atoms with Crippen molar-refractivity contribution in [3.63, 3.8) is 0 Å². The summed E-state index contributed by atoms with van der Waals surface area (Å²) in [4.78, 5) is 4.41. The minimum absolute atomic E-state index is 0.975. The number of fused-ring (bicyclic) bond motifs is 1. The highest BCUT2D eigenvalue weighted by Gasteiger charge is 2.06. The third kappa shape index (κ3) is 1.62. The van der Waals surface area contributed by atoms with E-state index >= 15 is 0 Å². The van der Waals surface area contributed by atoms with Gasteiger partial charge in [-0.3, -0.25) is 0 Å². The summed E-state index contributed by atoms with van der Waals surface area (Å²) in [5.74, 6) is 0.975. The molecule has 0 amide bonds. The van der Waals surface area contributed by atoms with Crippen LogP contribution in [0.15, 0.2) is 54.9 Å². The summed E-state index contributed by atoms with van der Waals surface area (Å²) in [6.45, 7) is 2.19. The molecule has 0 aliphatic heterocycles. The summed E-state index contributed by atoms with van der Waals surface area (Å²) in [5.41, 5.74) is 2.63. The first kappa shape index (κ1) is 10.1. The first-order valence-corrected chi connectivity index (χ1v) is 5.90. The monoisotopic (exact) mass is 222 g/mol. The maximum atomic E-state index is 4.41. The molecule has 3 rings (SSSR count). The number of para-hydroxylation sites is 1. The molecule has 2 aromatic heterocycles. The van der Waals surface area contributed by atoms with Gasteiger partial charge in [0.1, 0.15) is 5.82 Å². The molecule has 0 N–H and O–H groups in total. The number of nitrogens with zero attached hydrogens (tertiary/aromatic N) is 2. The number of hydrogen-bond acceptors (Lipinski definition) is 1. The Kier molecular flexibility index (Phi) is 2.41. The van der Waals surface area contributed by atoms with Gasteiger partial charge in [-0.2, -0.15) is 0 Å². The molecule has 1 aromatic carbocycles. The van der Waals surface area contributed by atoms with Gasteiger partial charge in [0.2, 0.25) is 0 Å². The lowest BCUT2D eigenvalue weighted by molar-refractivity contribution is 1.02. The van der Waals surface area contributed by atoms with Crippen molar-refractivity contribution in [1.82, 2.24) is 9.55 Å². The van der Waals surface area contributed by atoms with E-state index in [2.05, 4.69) is 46.9 Å². The van der Waals surface area contributed by atoms with Crippen LogP contribution in [-0.2, 0) is 6.42 Å². The van der Waals surface area contributed by atoms with Crippen molar-refractivity contribution in [2.75, 3.05) is 0 Å². The summed E-state index contributed by atoms with van der Waals surface area (Å²) < 4.78 is 2.16. The SMILES string of the molecule is CCc1cccc2ccn(-c3ccccn3)c12. The summed E-state index contributed by atoms with van der Waals surface area (Å²) in [5, 5.41) is 1.27. The molecule has 0 aliphatic carbocycles. The van der Waals surface area contributed by atoms with Crippen molar-refractivity contribution in [3.8, 4) is 5.82 Å². The Bertz CT molecular complexity index is 638. The van der Waals surface area contributed by atoms with Crippen LogP contribution in [0, 0.1) is 0 Å². The molecule has 84 valence electrons. The van der Waals surface area contributed by atoms with E-state index in [1.54, 1.807) is 0 Å². The quantitative estimate of drug-likeness (QED) is 0.648. The van der Waals surface area contributed by atoms with Crippen LogP contribution < -0.4 is 0 Å². The smallest absolute Gasteiger partial charge is 0.137 e. The van der Waals surface area contributed by atoms with Crippen LogP contribution >= 0.6 is 0 Å². The second-order valence-corrected chi connectivity index (χ2v) is 4.08. The predicted octanol–water partition coefficient (Wildman–Crippen LogP) is 3.59. The Hall–Kier alpha value is -2.09. The molecule has 0 aliphatic rings. The standard InChI is InChI=1S/C15H14N2/c1-2-12-6-5-7-13-9-11-17(15(12)13)14-8-3-4-10-16-14/h3-11H,2H2,1H3. The van der Waals surface area contributed by atoms with E-state index in [9.17, 15) is 0 Å². The molecule has 0 saturated heterocycles. The number of aromatic nitrogens is 2. The van der Waals surface area contributed by atoms with Crippen LogP contribution in [0.1, 0.15) is 12.5 Å². The van der Waals surface area contributed by atoms with Gasteiger partial charge in [-0.1, -0.05) is 31.2 Å². The Morgan fingerprint density at radius 3 is 2.76 bits per heavy atom. The van der Waals surface area contributed by atoms with Crippen LogP contribution in [0.3, 0.4) is 0 Å². The largest absolute Gasteiger partial charge is 0.301 e. The van der Waals surface area contributed by atoms with Crippen LogP contribution in [-0.4, -0.2) is 9.55 Å².